The van der Waals surface area contributed by atoms with Crippen LogP contribution in [0.15, 0.2) is 58.4 Å². The number of thiocarbonyl (C=S) groups is 1. The molecule has 0 spiro atoms. The van der Waals surface area contributed by atoms with Crippen LogP contribution in [0.2, 0.25) is 0 Å². The van der Waals surface area contributed by atoms with Gasteiger partial charge in [0.15, 0.2) is 5.11 Å². The van der Waals surface area contributed by atoms with E-state index in [4.69, 9.17) is 26.1 Å². The normalized spacial score (nSPS) is 11.6. The summed E-state index contributed by atoms with van der Waals surface area (Å²) >= 11 is 5.63. The summed E-state index contributed by atoms with van der Waals surface area (Å²) in [4.78, 5) is 6.25. The minimum Gasteiger partial charge on any atom is -0.497 e. The molecule has 2 heterocycles. The summed E-state index contributed by atoms with van der Waals surface area (Å²) in [6, 6.07) is 10.8. The van der Waals surface area contributed by atoms with Gasteiger partial charge >= 0.3 is 0 Å². The van der Waals surface area contributed by atoms with E-state index in [1.165, 1.54) is 0 Å². The van der Waals surface area contributed by atoms with Crippen LogP contribution in [0.5, 0.6) is 5.75 Å². The second kappa shape index (κ2) is 12.2. The first kappa shape index (κ1) is 26.7. The van der Waals surface area contributed by atoms with Gasteiger partial charge in [-0.2, -0.15) is 0 Å². The fourth-order valence-corrected chi connectivity index (χ4v) is 5.43. The molecule has 0 saturated heterocycles. The topological polar surface area (TPSA) is 98.8 Å². The Kier molecular flexibility index (Phi) is 9.30. The van der Waals surface area contributed by atoms with Gasteiger partial charge in [-0.05, 0) is 55.9 Å². The van der Waals surface area contributed by atoms with Gasteiger partial charge in [0.05, 0.1) is 50.7 Å². The third kappa shape index (κ3) is 7.30. The van der Waals surface area contributed by atoms with E-state index in [0.717, 1.165) is 5.76 Å². The van der Waals surface area contributed by atoms with E-state index in [0.29, 0.717) is 48.4 Å². The molecule has 35 heavy (non-hydrogen) atoms. The number of methoxy groups -OCH3 is 2. The van der Waals surface area contributed by atoms with Gasteiger partial charge in [0.2, 0.25) is 15.0 Å². The molecule has 3 rings (SSSR count). The summed E-state index contributed by atoms with van der Waals surface area (Å²) in [5.74, 6) is 1.14. The van der Waals surface area contributed by atoms with Crippen molar-refractivity contribution in [2.24, 2.45) is 0 Å². The molecule has 3 aromatic rings. The first-order valence-electron chi connectivity index (χ1n) is 11.2. The average Bonchev–Trinajstić information content (AvgIpc) is 3.47. The largest absolute Gasteiger partial charge is 0.497 e. The van der Waals surface area contributed by atoms with E-state index < -0.39 is 9.84 Å². The summed E-state index contributed by atoms with van der Waals surface area (Å²) in [5, 5.41) is 3.78. The maximum atomic E-state index is 13.4. The molecule has 0 saturated carbocycles. The van der Waals surface area contributed by atoms with E-state index in [1.807, 2.05) is 30.9 Å². The molecule has 2 aromatic heterocycles. The highest BCUT2D eigenvalue weighted by atomic mass is 32.2. The SMILES string of the molecule is COCCn1c(CN(Cc2ccco2)C(=S)NC(C)C)cnc1S(=O)(=O)Cc1cccc(OC)c1. The average molecular weight is 521 g/mol. The third-order valence-electron chi connectivity index (χ3n) is 5.17. The van der Waals surface area contributed by atoms with Crippen LogP contribution < -0.4 is 10.1 Å². The number of imidazole rings is 1. The zero-order chi connectivity index (χ0) is 25.4. The molecule has 1 N–H and O–H groups in total. The minimum absolute atomic E-state index is 0.00643. The van der Waals surface area contributed by atoms with E-state index in [-0.39, 0.29) is 17.0 Å². The molecule has 0 radical (unpaired) electrons. The van der Waals surface area contributed by atoms with E-state index in [1.54, 1.807) is 55.5 Å². The van der Waals surface area contributed by atoms with Gasteiger partial charge in [-0.1, -0.05) is 12.1 Å². The number of benzene rings is 1. The summed E-state index contributed by atoms with van der Waals surface area (Å²) in [6.07, 6.45) is 3.19. The van der Waals surface area contributed by atoms with Gasteiger partial charge < -0.3 is 28.7 Å². The molecule has 190 valence electrons. The molecule has 0 bridgehead atoms. The van der Waals surface area contributed by atoms with Crippen LogP contribution in [0.25, 0.3) is 0 Å². The lowest BCUT2D eigenvalue weighted by atomic mass is 10.2. The zero-order valence-electron chi connectivity index (χ0n) is 20.4. The Morgan fingerprint density at radius 2 is 2.03 bits per heavy atom. The molecule has 0 aliphatic carbocycles. The van der Waals surface area contributed by atoms with Crippen LogP contribution in [-0.2, 0) is 40.0 Å². The van der Waals surface area contributed by atoms with Gasteiger partial charge in [-0.3, -0.25) is 0 Å². The summed E-state index contributed by atoms with van der Waals surface area (Å²) in [7, 11) is -0.627. The van der Waals surface area contributed by atoms with Crippen LogP contribution in [0.1, 0.15) is 30.9 Å². The molecule has 0 unspecified atom stereocenters. The van der Waals surface area contributed by atoms with E-state index in [9.17, 15) is 8.42 Å². The van der Waals surface area contributed by atoms with Crippen LogP contribution in [0, 0.1) is 0 Å². The van der Waals surface area contributed by atoms with Gasteiger partial charge in [0.1, 0.15) is 11.5 Å². The minimum atomic E-state index is -3.75. The summed E-state index contributed by atoms with van der Waals surface area (Å²) in [5.41, 5.74) is 1.32. The second-order valence-electron chi connectivity index (χ2n) is 8.33. The third-order valence-corrected chi connectivity index (χ3v) is 7.14. The number of furan rings is 1. The quantitative estimate of drug-likeness (QED) is 0.360. The van der Waals surface area contributed by atoms with Crippen molar-refractivity contribution >= 4 is 27.2 Å². The standard InChI is InChI=1S/C24H32N4O5S2/c1-18(2)26-23(34)27(16-22-9-6-11-33-22)15-20-14-25-24(28(20)10-12-31-3)35(29,30)17-19-7-5-8-21(13-19)32-4/h5-9,11,13-14,18H,10,12,15-17H2,1-4H3,(H,26,34). The molecule has 0 atom stereocenters. The van der Waals surface area contributed by atoms with Crippen molar-refractivity contribution < 1.29 is 22.3 Å². The maximum Gasteiger partial charge on any atom is 0.228 e. The molecule has 1 aromatic carbocycles. The van der Waals surface area contributed by atoms with Crippen molar-refractivity contribution in [3.63, 3.8) is 0 Å². The number of sulfone groups is 1. The number of rotatable bonds is 12. The number of aromatic nitrogens is 2. The van der Waals surface area contributed by atoms with Crippen LogP contribution in [0.4, 0.5) is 0 Å². The van der Waals surface area contributed by atoms with Gasteiger partial charge in [-0.15, -0.1) is 0 Å². The summed E-state index contributed by atoms with van der Waals surface area (Å²) in [6.45, 7) is 5.43. The smallest absolute Gasteiger partial charge is 0.228 e. The van der Waals surface area contributed by atoms with Gasteiger partial charge in [0.25, 0.3) is 0 Å². The van der Waals surface area contributed by atoms with Crippen molar-refractivity contribution in [3.05, 3.63) is 65.9 Å². The number of hydrogen-bond acceptors (Lipinski definition) is 7. The Hall–Kier alpha value is -2.89. The Labute approximate surface area is 212 Å². The van der Waals surface area contributed by atoms with Crippen LogP contribution in [0.3, 0.4) is 0 Å². The van der Waals surface area contributed by atoms with Gasteiger partial charge in [0, 0.05) is 19.7 Å². The lowest BCUT2D eigenvalue weighted by molar-refractivity contribution is 0.182. The molecule has 0 amide bonds. The van der Waals surface area contributed by atoms with Crippen molar-refractivity contribution in [1.82, 2.24) is 19.8 Å². The molecular weight excluding hydrogens is 488 g/mol. The van der Waals surface area contributed by atoms with Crippen molar-refractivity contribution in [1.29, 1.82) is 0 Å². The number of ether oxygens (including phenoxy) is 2. The zero-order valence-corrected chi connectivity index (χ0v) is 22.1. The highest BCUT2D eigenvalue weighted by Gasteiger charge is 2.25. The van der Waals surface area contributed by atoms with E-state index >= 15 is 0 Å². The Morgan fingerprint density at radius 3 is 2.69 bits per heavy atom. The highest BCUT2D eigenvalue weighted by Crippen LogP contribution is 2.22. The second-order valence-corrected chi connectivity index (χ2v) is 10.6. The number of nitrogens with zero attached hydrogens (tertiary/aromatic N) is 3. The molecule has 0 aliphatic heterocycles. The predicted molar refractivity (Wildman–Crippen MR) is 137 cm³/mol. The van der Waals surface area contributed by atoms with Crippen molar-refractivity contribution in [2.75, 3.05) is 20.8 Å². The van der Waals surface area contributed by atoms with E-state index in [2.05, 4.69) is 10.3 Å². The highest BCUT2D eigenvalue weighted by molar-refractivity contribution is 7.90. The maximum absolute atomic E-state index is 13.4. The predicted octanol–water partition coefficient (Wildman–Crippen LogP) is 3.39. The lowest BCUT2D eigenvalue weighted by Crippen LogP contribution is -2.42. The van der Waals surface area contributed by atoms with Crippen LogP contribution >= 0.6 is 12.2 Å². The number of nitrogens with one attached hydrogen (secondary N) is 1. The monoisotopic (exact) mass is 520 g/mol. The fourth-order valence-electron chi connectivity index (χ4n) is 3.56. The molecular formula is C24H32N4O5S2. The van der Waals surface area contributed by atoms with Crippen molar-refractivity contribution in [2.45, 2.75) is 50.4 Å². The Bertz CT molecular complexity index is 1210. The Balaban J connectivity index is 1.92. The molecule has 0 fully saturated rings. The molecule has 0 aliphatic rings. The molecule has 11 heteroatoms. The summed E-state index contributed by atoms with van der Waals surface area (Å²) < 4.78 is 44.5. The van der Waals surface area contributed by atoms with Crippen LogP contribution in [-0.4, -0.2) is 54.8 Å². The first-order chi connectivity index (χ1) is 16.7. The lowest BCUT2D eigenvalue weighted by Gasteiger charge is -2.27. The van der Waals surface area contributed by atoms with Crippen molar-refractivity contribution in [3.8, 4) is 5.75 Å². The Morgan fingerprint density at radius 1 is 1.23 bits per heavy atom. The van der Waals surface area contributed by atoms with Gasteiger partial charge in [-0.25, -0.2) is 13.4 Å². The molecule has 9 nitrogen and oxygen atoms in total. The number of hydrogen-bond donors (Lipinski definition) is 1. The fraction of sp³-hybridized carbons (Fsp3) is 0.417. The first-order valence-corrected chi connectivity index (χ1v) is 13.3.